The number of aryl methyl sites for hydroxylation is 1. The molecule has 5 heteroatoms. The monoisotopic (exact) mass is 225 g/mol. The SMILES string of the molecule is CCC(N)(CC)CNC(=O)c1cc(C)on1. The molecule has 5 nitrogen and oxygen atoms in total. The molecule has 1 rings (SSSR count). The minimum Gasteiger partial charge on any atom is -0.361 e. The molecule has 0 aliphatic heterocycles. The van der Waals surface area contributed by atoms with Crippen molar-refractivity contribution in [3.63, 3.8) is 0 Å². The van der Waals surface area contributed by atoms with E-state index in [4.69, 9.17) is 10.3 Å². The lowest BCUT2D eigenvalue weighted by Gasteiger charge is -2.26. The van der Waals surface area contributed by atoms with Crippen LogP contribution >= 0.6 is 0 Å². The van der Waals surface area contributed by atoms with Crippen LogP contribution in [0, 0.1) is 6.92 Å². The number of carbonyl (C=O) groups excluding carboxylic acids is 1. The maximum absolute atomic E-state index is 11.6. The van der Waals surface area contributed by atoms with Crippen molar-refractivity contribution in [1.29, 1.82) is 0 Å². The van der Waals surface area contributed by atoms with Crippen LogP contribution in [-0.4, -0.2) is 23.1 Å². The Morgan fingerprint density at radius 2 is 2.19 bits per heavy atom. The third-order valence-corrected chi connectivity index (χ3v) is 2.87. The number of hydrogen-bond acceptors (Lipinski definition) is 4. The van der Waals surface area contributed by atoms with Crippen LogP contribution in [0.2, 0.25) is 0 Å². The molecule has 0 unspecified atom stereocenters. The molecule has 0 saturated carbocycles. The second kappa shape index (κ2) is 5.12. The van der Waals surface area contributed by atoms with Crippen molar-refractivity contribution in [2.75, 3.05) is 6.54 Å². The first-order chi connectivity index (χ1) is 7.50. The number of nitrogens with zero attached hydrogens (tertiary/aromatic N) is 1. The molecule has 0 atom stereocenters. The summed E-state index contributed by atoms with van der Waals surface area (Å²) in [5, 5.41) is 6.41. The van der Waals surface area contributed by atoms with Crippen molar-refractivity contribution < 1.29 is 9.32 Å². The molecular formula is C11H19N3O2. The number of rotatable bonds is 5. The summed E-state index contributed by atoms with van der Waals surface area (Å²) < 4.78 is 4.83. The van der Waals surface area contributed by atoms with Gasteiger partial charge in [0.1, 0.15) is 5.76 Å². The fraction of sp³-hybridized carbons (Fsp3) is 0.636. The number of aromatic nitrogens is 1. The predicted octanol–water partition coefficient (Wildman–Crippen LogP) is 1.23. The Bertz CT molecular complexity index is 356. The molecule has 0 aliphatic rings. The molecular weight excluding hydrogens is 206 g/mol. The van der Waals surface area contributed by atoms with Gasteiger partial charge >= 0.3 is 0 Å². The first kappa shape index (κ1) is 12.7. The van der Waals surface area contributed by atoms with Gasteiger partial charge in [-0.3, -0.25) is 4.79 Å². The molecule has 1 amide bonds. The van der Waals surface area contributed by atoms with E-state index in [2.05, 4.69) is 10.5 Å². The van der Waals surface area contributed by atoms with Gasteiger partial charge in [-0.1, -0.05) is 19.0 Å². The van der Waals surface area contributed by atoms with E-state index in [0.717, 1.165) is 12.8 Å². The Morgan fingerprint density at radius 3 is 2.62 bits per heavy atom. The number of carbonyl (C=O) groups is 1. The Morgan fingerprint density at radius 1 is 1.56 bits per heavy atom. The van der Waals surface area contributed by atoms with Gasteiger partial charge in [0.05, 0.1) is 0 Å². The van der Waals surface area contributed by atoms with E-state index < -0.39 is 0 Å². The topological polar surface area (TPSA) is 81.1 Å². The molecule has 16 heavy (non-hydrogen) atoms. The smallest absolute Gasteiger partial charge is 0.273 e. The van der Waals surface area contributed by atoms with Gasteiger partial charge in [-0.25, -0.2) is 0 Å². The predicted molar refractivity (Wildman–Crippen MR) is 61.1 cm³/mol. The lowest BCUT2D eigenvalue weighted by molar-refractivity contribution is 0.0933. The van der Waals surface area contributed by atoms with Crippen LogP contribution in [0.4, 0.5) is 0 Å². The van der Waals surface area contributed by atoms with Gasteiger partial charge in [0, 0.05) is 18.2 Å². The molecule has 0 bridgehead atoms. The highest BCUT2D eigenvalue weighted by atomic mass is 16.5. The summed E-state index contributed by atoms with van der Waals surface area (Å²) in [7, 11) is 0. The zero-order valence-electron chi connectivity index (χ0n) is 10.0. The van der Waals surface area contributed by atoms with E-state index in [1.165, 1.54) is 0 Å². The normalized spacial score (nSPS) is 11.5. The van der Waals surface area contributed by atoms with E-state index in [1.54, 1.807) is 13.0 Å². The standard InChI is InChI=1S/C11H19N3O2/c1-4-11(12,5-2)7-13-10(15)9-6-8(3)16-14-9/h6H,4-5,7,12H2,1-3H3,(H,13,15). The second-order valence-electron chi connectivity index (χ2n) is 4.07. The maximum atomic E-state index is 11.6. The molecule has 0 fully saturated rings. The fourth-order valence-corrected chi connectivity index (χ4v) is 1.32. The van der Waals surface area contributed by atoms with E-state index in [0.29, 0.717) is 18.0 Å². The molecule has 3 N–H and O–H groups in total. The van der Waals surface area contributed by atoms with E-state index in [1.807, 2.05) is 13.8 Å². The molecule has 1 heterocycles. The number of hydrogen-bond donors (Lipinski definition) is 2. The second-order valence-corrected chi connectivity index (χ2v) is 4.07. The number of nitrogens with two attached hydrogens (primary N) is 1. The minimum atomic E-state index is -0.339. The average Bonchev–Trinajstić information content (AvgIpc) is 2.72. The Hall–Kier alpha value is -1.36. The van der Waals surface area contributed by atoms with Gasteiger partial charge in [0.2, 0.25) is 0 Å². The zero-order chi connectivity index (χ0) is 12.2. The molecule has 0 radical (unpaired) electrons. The molecule has 0 saturated heterocycles. The van der Waals surface area contributed by atoms with Crippen LogP contribution in [0.3, 0.4) is 0 Å². The molecule has 0 aromatic carbocycles. The van der Waals surface area contributed by atoms with Gasteiger partial charge in [-0.2, -0.15) is 0 Å². The number of amides is 1. The minimum absolute atomic E-state index is 0.242. The summed E-state index contributed by atoms with van der Waals surface area (Å²) in [5.74, 6) is 0.378. The summed E-state index contributed by atoms with van der Waals surface area (Å²) >= 11 is 0. The van der Waals surface area contributed by atoms with Gasteiger partial charge < -0.3 is 15.6 Å². The highest BCUT2D eigenvalue weighted by Crippen LogP contribution is 2.10. The van der Waals surface area contributed by atoms with E-state index >= 15 is 0 Å². The van der Waals surface area contributed by atoms with Crippen molar-refractivity contribution in [1.82, 2.24) is 10.5 Å². The van der Waals surface area contributed by atoms with Gasteiger partial charge in [0.25, 0.3) is 5.91 Å². The largest absolute Gasteiger partial charge is 0.361 e. The number of nitrogens with one attached hydrogen (secondary N) is 1. The summed E-state index contributed by atoms with van der Waals surface area (Å²) in [6.07, 6.45) is 1.64. The first-order valence-corrected chi connectivity index (χ1v) is 5.51. The quantitative estimate of drug-likeness (QED) is 0.789. The highest BCUT2D eigenvalue weighted by molar-refractivity contribution is 5.92. The van der Waals surface area contributed by atoms with Crippen molar-refractivity contribution in [2.45, 2.75) is 39.2 Å². The van der Waals surface area contributed by atoms with Crippen molar-refractivity contribution in [3.8, 4) is 0 Å². The Balaban J connectivity index is 2.53. The van der Waals surface area contributed by atoms with Crippen LogP contribution in [0.25, 0.3) is 0 Å². The lowest BCUT2D eigenvalue weighted by atomic mass is 9.94. The molecule has 1 aromatic rings. The van der Waals surface area contributed by atoms with Gasteiger partial charge in [0.15, 0.2) is 5.69 Å². The van der Waals surface area contributed by atoms with Crippen LogP contribution in [0.5, 0.6) is 0 Å². The third kappa shape index (κ3) is 3.06. The van der Waals surface area contributed by atoms with Crippen LogP contribution in [0.1, 0.15) is 42.9 Å². The molecule has 0 aliphatic carbocycles. The fourth-order valence-electron chi connectivity index (χ4n) is 1.32. The highest BCUT2D eigenvalue weighted by Gasteiger charge is 2.21. The summed E-state index contributed by atoms with van der Waals surface area (Å²) in [4.78, 5) is 11.6. The Labute approximate surface area is 95.4 Å². The summed E-state index contributed by atoms with van der Waals surface area (Å²) in [6.45, 7) is 6.21. The summed E-state index contributed by atoms with van der Waals surface area (Å²) in [6, 6.07) is 1.60. The molecule has 0 spiro atoms. The lowest BCUT2D eigenvalue weighted by Crippen LogP contribution is -2.49. The maximum Gasteiger partial charge on any atom is 0.273 e. The first-order valence-electron chi connectivity index (χ1n) is 5.51. The van der Waals surface area contributed by atoms with Crippen LogP contribution in [-0.2, 0) is 0 Å². The van der Waals surface area contributed by atoms with Gasteiger partial charge in [-0.05, 0) is 19.8 Å². The van der Waals surface area contributed by atoms with Crippen molar-refractivity contribution in [3.05, 3.63) is 17.5 Å². The van der Waals surface area contributed by atoms with Crippen LogP contribution < -0.4 is 11.1 Å². The molecule has 1 aromatic heterocycles. The van der Waals surface area contributed by atoms with Crippen molar-refractivity contribution >= 4 is 5.91 Å². The Kier molecular flexibility index (Phi) is 4.06. The molecule has 90 valence electrons. The van der Waals surface area contributed by atoms with Crippen molar-refractivity contribution in [2.24, 2.45) is 5.73 Å². The van der Waals surface area contributed by atoms with Crippen LogP contribution in [0.15, 0.2) is 10.6 Å². The summed E-state index contributed by atoms with van der Waals surface area (Å²) in [5.41, 5.74) is 6.03. The third-order valence-electron chi connectivity index (χ3n) is 2.87. The van der Waals surface area contributed by atoms with Gasteiger partial charge in [-0.15, -0.1) is 0 Å². The zero-order valence-corrected chi connectivity index (χ0v) is 10.0. The van der Waals surface area contributed by atoms with E-state index in [9.17, 15) is 4.79 Å². The van der Waals surface area contributed by atoms with E-state index in [-0.39, 0.29) is 11.4 Å². The average molecular weight is 225 g/mol.